The van der Waals surface area contributed by atoms with Gasteiger partial charge in [0.25, 0.3) is 0 Å². The molecule has 0 aromatic carbocycles. The van der Waals surface area contributed by atoms with Crippen LogP contribution in [0, 0.1) is 5.92 Å². The van der Waals surface area contributed by atoms with Gasteiger partial charge in [0.1, 0.15) is 0 Å². The summed E-state index contributed by atoms with van der Waals surface area (Å²) in [4.78, 5) is 13.6. The lowest BCUT2D eigenvalue weighted by atomic mass is 10.1. The lowest BCUT2D eigenvalue weighted by molar-refractivity contribution is -0.132. The fourth-order valence-electron chi connectivity index (χ4n) is 2.29. The molecule has 2 aliphatic heterocycles. The number of carbonyl (C=O) groups is 1. The number of hydrogen-bond acceptors (Lipinski definition) is 3. The van der Waals surface area contributed by atoms with Crippen LogP contribution in [0.15, 0.2) is 0 Å². The van der Waals surface area contributed by atoms with Crippen LogP contribution in [0.3, 0.4) is 0 Å². The second-order valence-corrected chi connectivity index (χ2v) is 4.22. The Morgan fingerprint density at radius 1 is 1.57 bits per heavy atom. The van der Waals surface area contributed by atoms with E-state index in [2.05, 4.69) is 0 Å². The third-order valence-corrected chi connectivity index (χ3v) is 3.15. The number of ether oxygens (including phenoxy) is 1. The van der Waals surface area contributed by atoms with Crippen molar-refractivity contribution in [2.24, 2.45) is 11.7 Å². The molecule has 2 atom stereocenters. The van der Waals surface area contributed by atoms with E-state index in [9.17, 15) is 4.79 Å². The van der Waals surface area contributed by atoms with Crippen molar-refractivity contribution in [2.75, 3.05) is 26.3 Å². The van der Waals surface area contributed by atoms with E-state index in [1.165, 1.54) is 0 Å². The van der Waals surface area contributed by atoms with Gasteiger partial charge in [-0.05, 0) is 25.3 Å². The van der Waals surface area contributed by atoms with Crippen LogP contribution >= 0.6 is 0 Å². The quantitative estimate of drug-likeness (QED) is 0.678. The molecule has 0 aromatic heterocycles. The smallest absolute Gasteiger partial charge is 0.223 e. The van der Waals surface area contributed by atoms with Gasteiger partial charge >= 0.3 is 0 Å². The molecule has 4 heteroatoms. The van der Waals surface area contributed by atoms with Crippen molar-refractivity contribution < 1.29 is 9.53 Å². The molecule has 14 heavy (non-hydrogen) atoms. The van der Waals surface area contributed by atoms with E-state index in [-0.39, 0.29) is 5.91 Å². The van der Waals surface area contributed by atoms with Crippen LogP contribution in [0.5, 0.6) is 0 Å². The first-order valence-corrected chi connectivity index (χ1v) is 5.38. The minimum absolute atomic E-state index is 0.260. The minimum Gasteiger partial charge on any atom is -0.379 e. The number of likely N-dealkylation sites (tertiary alicyclic amines) is 1. The molecule has 0 bridgehead atoms. The summed E-state index contributed by atoms with van der Waals surface area (Å²) < 4.78 is 5.39. The van der Waals surface area contributed by atoms with Gasteiger partial charge in [-0.25, -0.2) is 0 Å². The molecule has 2 unspecified atom stereocenters. The van der Waals surface area contributed by atoms with Crippen LogP contribution in [0.25, 0.3) is 0 Å². The molecular formula is C10H18N2O2. The average Bonchev–Trinajstić information content (AvgIpc) is 2.61. The van der Waals surface area contributed by atoms with Crippen molar-refractivity contribution in [3.63, 3.8) is 0 Å². The highest BCUT2D eigenvalue weighted by molar-refractivity contribution is 5.79. The SMILES string of the molecule is NCC1CC(=O)N(C2CCCOC2)C1. The molecule has 2 aliphatic rings. The van der Waals surface area contributed by atoms with Gasteiger partial charge in [0.15, 0.2) is 0 Å². The Morgan fingerprint density at radius 3 is 3.00 bits per heavy atom. The third-order valence-electron chi connectivity index (χ3n) is 3.15. The summed E-state index contributed by atoms with van der Waals surface area (Å²) in [6.45, 7) is 3.01. The summed E-state index contributed by atoms with van der Waals surface area (Å²) in [5.41, 5.74) is 5.58. The fourth-order valence-corrected chi connectivity index (χ4v) is 2.29. The second-order valence-electron chi connectivity index (χ2n) is 4.22. The Kier molecular flexibility index (Phi) is 3.03. The molecule has 2 heterocycles. The van der Waals surface area contributed by atoms with E-state index >= 15 is 0 Å². The van der Waals surface area contributed by atoms with Crippen molar-refractivity contribution >= 4 is 5.91 Å². The summed E-state index contributed by atoms with van der Waals surface area (Å²) in [5.74, 6) is 0.625. The van der Waals surface area contributed by atoms with Crippen LogP contribution in [-0.4, -0.2) is 43.2 Å². The summed E-state index contributed by atoms with van der Waals surface area (Å²) in [7, 11) is 0. The van der Waals surface area contributed by atoms with E-state index in [0.29, 0.717) is 31.5 Å². The number of nitrogens with two attached hydrogens (primary N) is 1. The van der Waals surface area contributed by atoms with Crippen LogP contribution in [-0.2, 0) is 9.53 Å². The van der Waals surface area contributed by atoms with Crippen LogP contribution in [0.2, 0.25) is 0 Å². The number of carbonyl (C=O) groups excluding carboxylic acids is 1. The summed E-state index contributed by atoms with van der Waals surface area (Å²) in [5, 5.41) is 0. The predicted octanol–water partition coefficient (Wildman–Crippen LogP) is -0.0274. The normalized spacial score (nSPS) is 33.8. The molecule has 2 fully saturated rings. The lowest BCUT2D eigenvalue weighted by Crippen LogP contribution is -2.42. The molecule has 0 spiro atoms. The molecule has 2 rings (SSSR count). The van der Waals surface area contributed by atoms with Crippen molar-refractivity contribution in [1.29, 1.82) is 0 Å². The van der Waals surface area contributed by atoms with Crippen LogP contribution in [0.4, 0.5) is 0 Å². The first-order valence-electron chi connectivity index (χ1n) is 5.38. The molecular weight excluding hydrogens is 180 g/mol. The van der Waals surface area contributed by atoms with Gasteiger partial charge in [0, 0.05) is 19.6 Å². The van der Waals surface area contributed by atoms with Crippen molar-refractivity contribution in [3.05, 3.63) is 0 Å². The third kappa shape index (κ3) is 1.91. The number of hydrogen-bond donors (Lipinski definition) is 1. The Morgan fingerprint density at radius 2 is 2.43 bits per heavy atom. The van der Waals surface area contributed by atoms with E-state index in [1.807, 2.05) is 4.90 Å². The zero-order chi connectivity index (χ0) is 9.97. The monoisotopic (exact) mass is 198 g/mol. The Labute approximate surface area is 84.4 Å². The molecule has 0 aromatic rings. The highest BCUT2D eigenvalue weighted by Crippen LogP contribution is 2.23. The first kappa shape index (κ1) is 9.93. The summed E-state index contributed by atoms with van der Waals surface area (Å²) in [6, 6.07) is 0.313. The van der Waals surface area contributed by atoms with Crippen LogP contribution < -0.4 is 5.73 Å². The zero-order valence-electron chi connectivity index (χ0n) is 8.45. The maximum Gasteiger partial charge on any atom is 0.223 e. The van der Waals surface area contributed by atoms with E-state index in [0.717, 1.165) is 26.0 Å². The topological polar surface area (TPSA) is 55.6 Å². The largest absolute Gasteiger partial charge is 0.379 e. The van der Waals surface area contributed by atoms with Crippen molar-refractivity contribution in [1.82, 2.24) is 4.90 Å². The molecule has 0 radical (unpaired) electrons. The minimum atomic E-state index is 0.260. The van der Waals surface area contributed by atoms with Gasteiger partial charge in [0.2, 0.25) is 5.91 Å². The van der Waals surface area contributed by atoms with Crippen molar-refractivity contribution in [3.8, 4) is 0 Å². The maximum absolute atomic E-state index is 11.7. The molecule has 4 nitrogen and oxygen atoms in total. The molecule has 2 saturated heterocycles. The molecule has 2 N–H and O–H groups in total. The number of nitrogens with zero attached hydrogens (tertiary/aromatic N) is 1. The van der Waals surface area contributed by atoms with E-state index in [4.69, 9.17) is 10.5 Å². The summed E-state index contributed by atoms with van der Waals surface area (Å²) in [6.07, 6.45) is 2.79. The van der Waals surface area contributed by atoms with Gasteiger partial charge in [-0.15, -0.1) is 0 Å². The predicted molar refractivity (Wildman–Crippen MR) is 52.7 cm³/mol. The highest BCUT2D eigenvalue weighted by Gasteiger charge is 2.34. The summed E-state index contributed by atoms with van der Waals surface area (Å²) >= 11 is 0. The van der Waals surface area contributed by atoms with Crippen molar-refractivity contribution in [2.45, 2.75) is 25.3 Å². The van der Waals surface area contributed by atoms with Gasteiger partial charge in [-0.1, -0.05) is 0 Å². The molecule has 0 aliphatic carbocycles. The van der Waals surface area contributed by atoms with Gasteiger partial charge in [-0.3, -0.25) is 4.79 Å². The molecule has 80 valence electrons. The fraction of sp³-hybridized carbons (Fsp3) is 0.900. The molecule has 0 saturated carbocycles. The molecule has 1 amide bonds. The average molecular weight is 198 g/mol. The zero-order valence-corrected chi connectivity index (χ0v) is 8.45. The second kappa shape index (κ2) is 4.28. The Hall–Kier alpha value is -0.610. The van der Waals surface area contributed by atoms with E-state index < -0.39 is 0 Å². The highest BCUT2D eigenvalue weighted by atomic mass is 16.5. The van der Waals surface area contributed by atoms with Gasteiger partial charge in [-0.2, -0.15) is 0 Å². The number of amides is 1. The van der Waals surface area contributed by atoms with Gasteiger partial charge in [0.05, 0.1) is 12.6 Å². The van der Waals surface area contributed by atoms with Gasteiger partial charge < -0.3 is 15.4 Å². The number of rotatable bonds is 2. The van der Waals surface area contributed by atoms with Crippen LogP contribution in [0.1, 0.15) is 19.3 Å². The first-order chi connectivity index (χ1) is 6.81. The lowest BCUT2D eigenvalue weighted by Gasteiger charge is -2.31. The Balaban J connectivity index is 1.93. The standard InChI is InChI=1S/C10H18N2O2/c11-5-8-4-10(13)12(6-8)9-2-1-3-14-7-9/h8-9H,1-7,11H2. The van der Waals surface area contributed by atoms with E-state index in [1.54, 1.807) is 0 Å². The maximum atomic E-state index is 11.7. The Bertz CT molecular complexity index is 214.